The monoisotopic (exact) mass is 319 g/mol. The molecule has 1 saturated carbocycles. The molecule has 3 rings (SSSR count). The lowest BCUT2D eigenvalue weighted by Crippen LogP contribution is -2.34. The van der Waals surface area contributed by atoms with Gasteiger partial charge in [-0.25, -0.2) is 21.1 Å². The molecule has 0 radical (unpaired) electrons. The molecule has 0 spiro atoms. The Labute approximate surface area is 118 Å². The van der Waals surface area contributed by atoms with E-state index in [2.05, 4.69) is 0 Å². The van der Waals surface area contributed by atoms with Crippen LogP contribution < -0.4 is 0 Å². The molecular weight excluding hydrogens is 302 g/mol. The first-order chi connectivity index (χ1) is 9.39. The minimum absolute atomic E-state index is 0.0852. The predicted molar refractivity (Wildman–Crippen MR) is 73.3 cm³/mol. The van der Waals surface area contributed by atoms with Crippen LogP contribution in [0.4, 0.5) is 0 Å². The van der Waals surface area contributed by atoms with E-state index in [9.17, 15) is 16.8 Å². The summed E-state index contributed by atoms with van der Waals surface area (Å²) < 4.78 is 55.2. The summed E-state index contributed by atoms with van der Waals surface area (Å²) in [5.74, 6) is 0.232. The molecule has 0 unspecified atom stereocenters. The molecule has 0 amide bonds. The van der Waals surface area contributed by atoms with Crippen molar-refractivity contribution in [2.24, 2.45) is 0 Å². The Balaban J connectivity index is 1.70. The Morgan fingerprint density at radius 1 is 1.15 bits per heavy atom. The van der Waals surface area contributed by atoms with Crippen LogP contribution in [0.2, 0.25) is 0 Å². The van der Waals surface area contributed by atoms with Crippen LogP contribution in [0.25, 0.3) is 0 Å². The fourth-order valence-corrected chi connectivity index (χ4v) is 6.17. The van der Waals surface area contributed by atoms with Crippen molar-refractivity contribution in [1.82, 2.24) is 4.31 Å². The summed E-state index contributed by atoms with van der Waals surface area (Å²) in [6, 6.07) is 3.26. The number of rotatable bonds is 5. The van der Waals surface area contributed by atoms with Crippen LogP contribution in [0.15, 0.2) is 22.8 Å². The molecule has 8 heteroatoms. The van der Waals surface area contributed by atoms with Gasteiger partial charge in [0.05, 0.1) is 16.8 Å². The molecule has 1 aromatic rings. The smallest absolute Gasteiger partial charge is 0.217 e. The van der Waals surface area contributed by atoms with Crippen molar-refractivity contribution in [3.05, 3.63) is 24.2 Å². The van der Waals surface area contributed by atoms with Gasteiger partial charge in [0.2, 0.25) is 10.0 Å². The number of furan rings is 1. The van der Waals surface area contributed by atoms with Crippen molar-refractivity contribution >= 4 is 19.9 Å². The molecule has 1 aliphatic carbocycles. The molecule has 112 valence electrons. The molecule has 1 aromatic heterocycles. The molecule has 2 heterocycles. The highest BCUT2D eigenvalue weighted by molar-refractivity contribution is 7.91. The number of nitrogens with zero attached hydrogens (tertiary/aromatic N) is 1. The summed E-state index contributed by atoms with van der Waals surface area (Å²) in [7, 11) is -6.66. The minimum atomic E-state index is -3.38. The SMILES string of the molecule is O=S(=O)(Cc1ccco1)[C@H]1CCN(S(=O)(=O)C2CC2)C1. The highest BCUT2D eigenvalue weighted by atomic mass is 32.2. The molecule has 1 aliphatic heterocycles. The van der Waals surface area contributed by atoms with E-state index < -0.39 is 25.1 Å². The fourth-order valence-electron chi connectivity index (χ4n) is 2.51. The summed E-state index contributed by atoms with van der Waals surface area (Å²) in [5, 5.41) is -0.907. The molecular formula is C12H17NO5S2. The molecule has 0 bridgehead atoms. The van der Waals surface area contributed by atoms with E-state index in [1.54, 1.807) is 12.1 Å². The lowest BCUT2D eigenvalue weighted by atomic mass is 10.4. The molecule has 1 atom stereocenters. The first-order valence-electron chi connectivity index (χ1n) is 6.62. The molecule has 0 aromatic carbocycles. The van der Waals surface area contributed by atoms with Crippen molar-refractivity contribution in [1.29, 1.82) is 0 Å². The summed E-state index contributed by atoms with van der Waals surface area (Å²) in [6.07, 6.45) is 3.20. The summed E-state index contributed by atoms with van der Waals surface area (Å²) in [4.78, 5) is 0. The number of hydrogen-bond acceptors (Lipinski definition) is 5. The third-order valence-corrected chi connectivity index (χ3v) is 8.30. The topological polar surface area (TPSA) is 84.7 Å². The van der Waals surface area contributed by atoms with Crippen molar-refractivity contribution in [2.45, 2.75) is 35.5 Å². The van der Waals surface area contributed by atoms with Gasteiger partial charge in [0.15, 0.2) is 9.84 Å². The summed E-state index contributed by atoms with van der Waals surface area (Å²) in [5.41, 5.74) is 0. The zero-order valence-corrected chi connectivity index (χ0v) is 12.6. The minimum Gasteiger partial charge on any atom is -0.468 e. The van der Waals surface area contributed by atoms with E-state index in [4.69, 9.17) is 4.42 Å². The standard InChI is InChI=1S/C12H17NO5S2/c14-19(15,9-10-2-1-7-18-10)12-5-6-13(8-12)20(16,17)11-3-4-11/h1-2,7,11-12H,3-6,8-9H2/t12-/m0/s1. The first kappa shape index (κ1) is 14.1. The van der Waals surface area contributed by atoms with E-state index >= 15 is 0 Å². The van der Waals surface area contributed by atoms with Crippen LogP contribution in [0.1, 0.15) is 25.0 Å². The van der Waals surface area contributed by atoms with Gasteiger partial charge in [0.1, 0.15) is 11.5 Å². The second-order valence-electron chi connectivity index (χ2n) is 5.40. The normalized spacial score (nSPS) is 25.1. The number of sulfonamides is 1. The molecule has 1 saturated heterocycles. The van der Waals surface area contributed by atoms with Gasteiger partial charge in [-0.15, -0.1) is 0 Å². The predicted octanol–water partition coefficient (Wildman–Crippen LogP) is 0.761. The van der Waals surface area contributed by atoms with Gasteiger partial charge in [0, 0.05) is 13.1 Å². The maximum atomic E-state index is 12.3. The van der Waals surface area contributed by atoms with E-state index in [1.165, 1.54) is 10.6 Å². The first-order valence-corrected chi connectivity index (χ1v) is 9.84. The zero-order chi connectivity index (χ0) is 14.4. The zero-order valence-electron chi connectivity index (χ0n) is 10.9. The van der Waals surface area contributed by atoms with Gasteiger partial charge >= 0.3 is 0 Å². The van der Waals surface area contributed by atoms with Gasteiger partial charge < -0.3 is 4.42 Å². The van der Waals surface area contributed by atoms with Crippen molar-refractivity contribution in [3.8, 4) is 0 Å². The van der Waals surface area contributed by atoms with Gasteiger partial charge in [-0.3, -0.25) is 0 Å². The largest absolute Gasteiger partial charge is 0.468 e. The molecule has 20 heavy (non-hydrogen) atoms. The maximum Gasteiger partial charge on any atom is 0.217 e. The second-order valence-corrected chi connectivity index (χ2v) is 9.89. The van der Waals surface area contributed by atoms with E-state index in [0.29, 0.717) is 31.6 Å². The third kappa shape index (κ3) is 2.64. The lowest BCUT2D eigenvalue weighted by molar-refractivity contribution is 0.475. The van der Waals surface area contributed by atoms with Crippen LogP contribution >= 0.6 is 0 Å². The Hall–Kier alpha value is -0.860. The van der Waals surface area contributed by atoms with Crippen LogP contribution in [0, 0.1) is 0 Å². The van der Waals surface area contributed by atoms with E-state index in [0.717, 1.165) is 0 Å². The van der Waals surface area contributed by atoms with Crippen LogP contribution in [-0.2, 0) is 25.6 Å². The van der Waals surface area contributed by atoms with Crippen molar-refractivity contribution < 1.29 is 21.3 Å². The van der Waals surface area contributed by atoms with Crippen LogP contribution in [0.3, 0.4) is 0 Å². The third-order valence-electron chi connectivity index (χ3n) is 3.84. The van der Waals surface area contributed by atoms with Crippen molar-refractivity contribution in [3.63, 3.8) is 0 Å². The molecule has 2 aliphatic rings. The molecule has 6 nitrogen and oxygen atoms in total. The Morgan fingerprint density at radius 2 is 1.90 bits per heavy atom. The van der Waals surface area contributed by atoms with Gasteiger partial charge in [-0.1, -0.05) is 0 Å². The van der Waals surface area contributed by atoms with Crippen LogP contribution in [-0.4, -0.2) is 44.7 Å². The second kappa shape index (κ2) is 4.85. The fraction of sp³-hybridized carbons (Fsp3) is 0.667. The van der Waals surface area contributed by atoms with E-state index in [1.807, 2.05) is 0 Å². The molecule has 0 N–H and O–H groups in total. The van der Waals surface area contributed by atoms with Gasteiger partial charge in [-0.2, -0.15) is 0 Å². The molecule has 2 fully saturated rings. The van der Waals surface area contributed by atoms with Crippen LogP contribution in [0.5, 0.6) is 0 Å². The maximum absolute atomic E-state index is 12.3. The highest BCUT2D eigenvalue weighted by Crippen LogP contribution is 2.34. The quantitative estimate of drug-likeness (QED) is 0.800. The average molecular weight is 319 g/mol. The Kier molecular flexibility index (Phi) is 3.42. The van der Waals surface area contributed by atoms with Gasteiger partial charge in [0.25, 0.3) is 0 Å². The van der Waals surface area contributed by atoms with E-state index in [-0.39, 0.29) is 17.5 Å². The average Bonchev–Trinajstić information content (AvgIpc) is 2.90. The summed E-state index contributed by atoms with van der Waals surface area (Å²) >= 11 is 0. The number of sulfone groups is 1. The summed E-state index contributed by atoms with van der Waals surface area (Å²) in [6.45, 7) is 0.392. The lowest BCUT2D eigenvalue weighted by Gasteiger charge is -2.16. The highest BCUT2D eigenvalue weighted by Gasteiger charge is 2.45. The number of hydrogen-bond donors (Lipinski definition) is 0. The van der Waals surface area contributed by atoms with Gasteiger partial charge in [-0.05, 0) is 31.4 Å². The Bertz CT molecular complexity index is 673. The van der Waals surface area contributed by atoms with Crippen molar-refractivity contribution in [2.75, 3.05) is 13.1 Å². The Morgan fingerprint density at radius 3 is 2.50 bits per heavy atom.